The third kappa shape index (κ3) is 3.62. The Morgan fingerprint density at radius 2 is 2.19 bits per heavy atom. The minimum Gasteiger partial charge on any atom is -0.354 e. The molecule has 1 aromatic rings. The van der Waals surface area contributed by atoms with Crippen molar-refractivity contribution in [2.24, 2.45) is 5.73 Å². The number of carbonyl (C=O) groups is 1. The smallest absolute Gasteiger partial charge is 0.236 e. The lowest BCUT2D eigenvalue weighted by Crippen LogP contribution is -2.39. The number of nitrogens with zero attached hydrogens (tertiary/aromatic N) is 2. The molecular weight excluding hydrogens is 208 g/mol. The van der Waals surface area contributed by atoms with Crippen molar-refractivity contribution in [3.05, 3.63) is 11.7 Å². The van der Waals surface area contributed by atoms with Crippen LogP contribution in [-0.2, 0) is 11.2 Å². The summed E-state index contributed by atoms with van der Waals surface area (Å²) in [6.45, 7) is 6.08. The van der Waals surface area contributed by atoms with Crippen LogP contribution in [0, 0.1) is 0 Å². The first-order chi connectivity index (χ1) is 7.50. The van der Waals surface area contributed by atoms with Crippen molar-refractivity contribution < 1.29 is 9.32 Å². The molecule has 0 radical (unpaired) electrons. The number of rotatable bonds is 5. The zero-order valence-electron chi connectivity index (χ0n) is 9.86. The van der Waals surface area contributed by atoms with Crippen LogP contribution in [0.4, 0.5) is 0 Å². The predicted molar refractivity (Wildman–Crippen MR) is 58.8 cm³/mol. The normalized spacial score (nSPS) is 12.8. The Morgan fingerprint density at radius 3 is 2.69 bits per heavy atom. The lowest BCUT2D eigenvalue weighted by molar-refractivity contribution is -0.121. The highest BCUT2D eigenvalue weighted by atomic mass is 16.5. The Kier molecular flexibility index (Phi) is 4.42. The van der Waals surface area contributed by atoms with Crippen molar-refractivity contribution >= 4 is 5.91 Å². The van der Waals surface area contributed by atoms with E-state index in [0.29, 0.717) is 24.7 Å². The van der Waals surface area contributed by atoms with Crippen LogP contribution in [0.15, 0.2) is 4.52 Å². The van der Waals surface area contributed by atoms with Gasteiger partial charge in [-0.05, 0) is 6.92 Å². The van der Waals surface area contributed by atoms with Crippen molar-refractivity contribution in [1.29, 1.82) is 0 Å². The maximum absolute atomic E-state index is 11.1. The third-order valence-electron chi connectivity index (χ3n) is 2.05. The van der Waals surface area contributed by atoms with E-state index in [9.17, 15) is 4.79 Å². The molecule has 0 fully saturated rings. The molecule has 6 heteroatoms. The molecule has 0 aromatic carbocycles. The molecule has 1 atom stereocenters. The molecule has 1 amide bonds. The molecule has 1 heterocycles. The van der Waals surface area contributed by atoms with Gasteiger partial charge in [-0.2, -0.15) is 4.98 Å². The molecule has 3 N–H and O–H groups in total. The summed E-state index contributed by atoms with van der Waals surface area (Å²) in [6.07, 6.45) is 0.526. The number of hydrogen-bond donors (Lipinski definition) is 2. The zero-order chi connectivity index (χ0) is 12.1. The molecule has 0 spiro atoms. The second kappa shape index (κ2) is 5.60. The van der Waals surface area contributed by atoms with E-state index < -0.39 is 6.04 Å². The van der Waals surface area contributed by atoms with Crippen LogP contribution in [0.25, 0.3) is 0 Å². The summed E-state index contributed by atoms with van der Waals surface area (Å²) in [5.41, 5.74) is 5.40. The number of nitrogens with two attached hydrogens (primary N) is 1. The molecule has 0 saturated heterocycles. The van der Waals surface area contributed by atoms with Crippen LogP contribution in [0.3, 0.4) is 0 Å². The van der Waals surface area contributed by atoms with E-state index in [1.807, 2.05) is 13.8 Å². The van der Waals surface area contributed by atoms with Crippen molar-refractivity contribution in [3.63, 3.8) is 0 Å². The van der Waals surface area contributed by atoms with Gasteiger partial charge in [0.1, 0.15) is 0 Å². The molecule has 1 aromatic heterocycles. The highest BCUT2D eigenvalue weighted by Crippen LogP contribution is 2.09. The maximum atomic E-state index is 11.1. The Hall–Kier alpha value is -1.43. The van der Waals surface area contributed by atoms with Gasteiger partial charge in [-0.25, -0.2) is 0 Å². The number of nitrogens with one attached hydrogen (secondary N) is 1. The van der Waals surface area contributed by atoms with Crippen molar-refractivity contribution in [2.75, 3.05) is 6.54 Å². The van der Waals surface area contributed by atoms with E-state index >= 15 is 0 Å². The van der Waals surface area contributed by atoms with Gasteiger partial charge in [0.25, 0.3) is 0 Å². The van der Waals surface area contributed by atoms with Gasteiger partial charge in [-0.15, -0.1) is 0 Å². The van der Waals surface area contributed by atoms with E-state index in [-0.39, 0.29) is 11.8 Å². The molecule has 0 aliphatic rings. The van der Waals surface area contributed by atoms with Gasteiger partial charge in [0.05, 0.1) is 6.04 Å². The van der Waals surface area contributed by atoms with Crippen LogP contribution in [0.5, 0.6) is 0 Å². The largest absolute Gasteiger partial charge is 0.354 e. The van der Waals surface area contributed by atoms with E-state index in [0.717, 1.165) is 0 Å². The SMILES string of the molecule is CC(N)C(=O)NCCc1nc(C(C)C)no1. The second-order valence-electron chi connectivity index (χ2n) is 4.03. The average molecular weight is 226 g/mol. The maximum Gasteiger partial charge on any atom is 0.236 e. The molecule has 0 saturated carbocycles. The highest BCUT2D eigenvalue weighted by molar-refractivity contribution is 5.80. The molecule has 16 heavy (non-hydrogen) atoms. The summed E-state index contributed by atoms with van der Waals surface area (Å²) in [4.78, 5) is 15.3. The van der Waals surface area contributed by atoms with Gasteiger partial charge >= 0.3 is 0 Å². The summed E-state index contributed by atoms with van der Waals surface area (Å²) >= 11 is 0. The van der Waals surface area contributed by atoms with Crippen molar-refractivity contribution in [3.8, 4) is 0 Å². The minimum atomic E-state index is -0.492. The van der Waals surface area contributed by atoms with Gasteiger partial charge in [0.15, 0.2) is 5.82 Å². The molecule has 1 rings (SSSR count). The standard InChI is InChI=1S/C10H18N4O2/c1-6(2)9-13-8(16-14-9)4-5-12-10(15)7(3)11/h6-7H,4-5,11H2,1-3H3,(H,12,15). The van der Waals surface area contributed by atoms with Crippen LogP contribution >= 0.6 is 0 Å². The second-order valence-corrected chi connectivity index (χ2v) is 4.03. The Morgan fingerprint density at radius 1 is 1.50 bits per heavy atom. The Bertz CT molecular complexity index is 346. The molecule has 1 unspecified atom stereocenters. The summed E-state index contributed by atoms with van der Waals surface area (Å²) in [5, 5.41) is 6.50. The van der Waals surface area contributed by atoms with Crippen LogP contribution in [0.1, 0.15) is 38.4 Å². The van der Waals surface area contributed by atoms with E-state index in [2.05, 4.69) is 15.5 Å². The highest BCUT2D eigenvalue weighted by Gasteiger charge is 2.10. The first-order valence-electron chi connectivity index (χ1n) is 5.36. The summed E-state index contributed by atoms with van der Waals surface area (Å²) in [6, 6.07) is -0.492. The van der Waals surface area contributed by atoms with Crippen molar-refractivity contribution in [2.45, 2.75) is 39.2 Å². The molecule has 0 bridgehead atoms. The fraction of sp³-hybridized carbons (Fsp3) is 0.700. The molecule has 6 nitrogen and oxygen atoms in total. The number of aromatic nitrogens is 2. The van der Waals surface area contributed by atoms with Gasteiger partial charge in [-0.1, -0.05) is 19.0 Å². The summed E-state index contributed by atoms with van der Waals surface area (Å²) < 4.78 is 5.02. The first kappa shape index (κ1) is 12.6. The monoisotopic (exact) mass is 226 g/mol. The van der Waals surface area contributed by atoms with Crippen LogP contribution in [0.2, 0.25) is 0 Å². The van der Waals surface area contributed by atoms with Crippen LogP contribution in [-0.4, -0.2) is 28.6 Å². The van der Waals surface area contributed by atoms with Gasteiger partial charge in [0, 0.05) is 18.9 Å². The Balaban J connectivity index is 2.35. The topological polar surface area (TPSA) is 94.0 Å². The predicted octanol–water partition coefficient (Wildman–Crippen LogP) is 0.199. The molecular formula is C10H18N4O2. The lowest BCUT2D eigenvalue weighted by atomic mass is 10.2. The Labute approximate surface area is 94.6 Å². The number of amides is 1. The molecule has 90 valence electrons. The number of hydrogen-bond acceptors (Lipinski definition) is 5. The van der Waals surface area contributed by atoms with Crippen LogP contribution < -0.4 is 11.1 Å². The average Bonchev–Trinajstić information content (AvgIpc) is 2.66. The molecule has 0 aliphatic carbocycles. The van der Waals surface area contributed by atoms with Gasteiger partial charge in [0.2, 0.25) is 11.8 Å². The van der Waals surface area contributed by atoms with Gasteiger partial charge in [-0.3, -0.25) is 4.79 Å². The zero-order valence-corrected chi connectivity index (χ0v) is 9.86. The summed E-state index contributed by atoms with van der Waals surface area (Å²) in [5.74, 6) is 1.29. The number of carbonyl (C=O) groups excluding carboxylic acids is 1. The van der Waals surface area contributed by atoms with E-state index in [4.69, 9.17) is 10.3 Å². The van der Waals surface area contributed by atoms with E-state index in [1.165, 1.54) is 0 Å². The first-order valence-corrected chi connectivity index (χ1v) is 5.36. The fourth-order valence-corrected chi connectivity index (χ4v) is 1.06. The van der Waals surface area contributed by atoms with Crippen molar-refractivity contribution in [1.82, 2.24) is 15.5 Å². The minimum absolute atomic E-state index is 0.177. The lowest BCUT2D eigenvalue weighted by Gasteiger charge is -2.05. The van der Waals surface area contributed by atoms with Gasteiger partial charge < -0.3 is 15.6 Å². The third-order valence-corrected chi connectivity index (χ3v) is 2.05. The van der Waals surface area contributed by atoms with E-state index in [1.54, 1.807) is 6.92 Å². The quantitative estimate of drug-likeness (QED) is 0.748. The summed E-state index contributed by atoms with van der Waals surface area (Å²) in [7, 11) is 0. The molecule has 0 aliphatic heterocycles. The fourth-order valence-electron chi connectivity index (χ4n) is 1.06.